The minimum atomic E-state index is 0.482. The summed E-state index contributed by atoms with van der Waals surface area (Å²) in [5.74, 6) is 2.46. The van der Waals surface area contributed by atoms with Gasteiger partial charge in [0.05, 0.1) is 6.61 Å². The second-order valence-electron chi connectivity index (χ2n) is 7.28. The molecule has 1 saturated heterocycles. The molecule has 0 saturated carbocycles. The Hall–Kier alpha value is -1.98. The third-order valence-electron chi connectivity index (χ3n) is 5.33. The Bertz CT molecular complexity index is 725. The summed E-state index contributed by atoms with van der Waals surface area (Å²) < 4.78 is 5.52. The molecule has 4 rings (SSSR count). The van der Waals surface area contributed by atoms with Crippen LogP contribution in [0, 0.1) is 0 Å². The molecule has 1 fully saturated rings. The van der Waals surface area contributed by atoms with Crippen LogP contribution in [0.15, 0.2) is 30.5 Å². The van der Waals surface area contributed by atoms with E-state index >= 15 is 0 Å². The van der Waals surface area contributed by atoms with Crippen LogP contribution >= 0.6 is 0 Å². The van der Waals surface area contributed by atoms with E-state index in [1.165, 1.54) is 29.7 Å². The van der Waals surface area contributed by atoms with Gasteiger partial charge in [0.25, 0.3) is 0 Å². The van der Waals surface area contributed by atoms with Crippen LogP contribution in [0.25, 0.3) is 0 Å². The number of nitrogens with one attached hydrogen (secondary N) is 1. The van der Waals surface area contributed by atoms with E-state index in [1.807, 2.05) is 6.92 Å². The first-order valence-electron chi connectivity index (χ1n) is 9.81. The van der Waals surface area contributed by atoms with Crippen LogP contribution < -0.4 is 10.1 Å². The van der Waals surface area contributed by atoms with Gasteiger partial charge < -0.3 is 10.1 Å². The number of fused-ring (bicyclic) bond motifs is 1. The van der Waals surface area contributed by atoms with Crippen LogP contribution in [-0.4, -0.2) is 41.1 Å². The molecule has 3 heterocycles. The highest BCUT2D eigenvalue weighted by molar-refractivity contribution is 5.28. The average Bonchev–Trinajstić information content (AvgIpc) is 2.70. The topological polar surface area (TPSA) is 50.3 Å². The van der Waals surface area contributed by atoms with Gasteiger partial charge in [-0.3, -0.25) is 4.90 Å². The van der Waals surface area contributed by atoms with Crippen molar-refractivity contribution in [1.29, 1.82) is 0 Å². The van der Waals surface area contributed by atoms with Crippen LogP contribution in [0.3, 0.4) is 0 Å². The Balaban J connectivity index is 1.39. The molecule has 1 aromatic heterocycles. The fraction of sp³-hybridized carbons (Fsp3) is 0.524. The van der Waals surface area contributed by atoms with Crippen molar-refractivity contribution in [3.8, 4) is 5.75 Å². The van der Waals surface area contributed by atoms with Crippen molar-refractivity contribution < 1.29 is 4.74 Å². The molecule has 1 atom stereocenters. The number of rotatable bonds is 5. The minimum absolute atomic E-state index is 0.482. The van der Waals surface area contributed by atoms with Crippen LogP contribution in [0.4, 0.5) is 0 Å². The molecule has 0 spiro atoms. The normalized spacial score (nSPS) is 20.6. The Morgan fingerprint density at radius 2 is 2.15 bits per heavy atom. The van der Waals surface area contributed by atoms with Gasteiger partial charge in [0.15, 0.2) is 0 Å². The third kappa shape index (κ3) is 4.05. The van der Waals surface area contributed by atoms with Crippen molar-refractivity contribution in [2.45, 2.75) is 45.2 Å². The molecule has 2 aromatic rings. The number of piperidine rings is 1. The lowest BCUT2D eigenvalue weighted by molar-refractivity contribution is 0.242. The maximum absolute atomic E-state index is 5.52. The number of nitrogens with zero attached hydrogens (tertiary/aromatic N) is 3. The molecule has 5 nitrogen and oxygen atoms in total. The fourth-order valence-corrected chi connectivity index (χ4v) is 3.91. The second-order valence-corrected chi connectivity index (χ2v) is 7.28. The Kier molecular flexibility index (Phi) is 5.46. The van der Waals surface area contributed by atoms with Gasteiger partial charge in [-0.2, -0.15) is 0 Å². The van der Waals surface area contributed by atoms with Crippen molar-refractivity contribution >= 4 is 0 Å². The van der Waals surface area contributed by atoms with Crippen LogP contribution in [0.1, 0.15) is 48.3 Å². The zero-order chi connectivity index (χ0) is 17.8. The molecule has 1 unspecified atom stereocenters. The number of benzene rings is 1. The Labute approximate surface area is 155 Å². The molecule has 1 N–H and O–H groups in total. The van der Waals surface area contributed by atoms with E-state index in [0.29, 0.717) is 12.5 Å². The monoisotopic (exact) mass is 352 g/mol. The van der Waals surface area contributed by atoms with Gasteiger partial charge in [-0.25, -0.2) is 9.97 Å². The van der Waals surface area contributed by atoms with Crippen LogP contribution in [0.5, 0.6) is 5.75 Å². The van der Waals surface area contributed by atoms with Gasteiger partial charge in [0.2, 0.25) is 0 Å². The highest BCUT2D eigenvalue weighted by atomic mass is 16.5. The maximum atomic E-state index is 5.52. The molecular weight excluding hydrogens is 324 g/mol. The highest BCUT2D eigenvalue weighted by Gasteiger charge is 2.22. The first-order chi connectivity index (χ1) is 12.8. The van der Waals surface area contributed by atoms with Crippen molar-refractivity contribution in [3.05, 3.63) is 53.1 Å². The summed E-state index contributed by atoms with van der Waals surface area (Å²) in [4.78, 5) is 12.1. The number of hydrogen-bond donors (Lipinski definition) is 1. The van der Waals surface area contributed by atoms with Gasteiger partial charge >= 0.3 is 0 Å². The standard InChI is InChI=1S/C21H28N4O/c1-2-26-19-7-5-16(6-8-19)14-25-11-9-20-18(15-25)13-23-21(24-20)17-4-3-10-22-12-17/h5-8,13,17,22H,2-4,9-12,14-15H2,1H3. The molecule has 138 valence electrons. The number of hydrogen-bond acceptors (Lipinski definition) is 5. The summed E-state index contributed by atoms with van der Waals surface area (Å²) in [6.07, 6.45) is 5.51. The Morgan fingerprint density at radius 3 is 2.92 bits per heavy atom. The van der Waals surface area contributed by atoms with E-state index in [1.54, 1.807) is 0 Å². The van der Waals surface area contributed by atoms with E-state index in [4.69, 9.17) is 14.7 Å². The van der Waals surface area contributed by atoms with Gasteiger partial charge in [0.1, 0.15) is 11.6 Å². The van der Waals surface area contributed by atoms with Crippen molar-refractivity contribution in [1.82, 2.24) is 20.2 Å². The van der Waals surface area contributed by atoms with E-state index in [0.717, 1.165) is 50.7 Å². The summed E-state index contributed by atoms with van der Waals surface area (Å²) in [5.41, 5.74) is 3.86. The molecule has 2 aliphatic rings. The van der Waals surface area contributed by atoms with Crippen LogP contribution in [-0.2, 0) is 19.5 Å². The summed E-state index contributed by atoms with van der Waals surface area (Å²) in [6, 6.07) is 8.45. The lowest BCUT2D eigenvalue weighted by atomic mass is 9.98. The van der Waals surface area contributed by atoms with Crippen LogP contribution in [0.2, 0.25) is 0 Å². The predicted octanol–water partition coefficient (Wildman–Crippen LogP) is 2.90. The van der Waals surface area contributed by atoms with Gasteiger partial charge in [-0.15, -0.1) is 0 Å². The first-order valence-corrected chi connectivity index (χ1v) is 9.81. The number of ether oxygens (including phenoxy) is 1. The van der Waals surface area contributed by atoms with Crippen molar-refractivity contribution in [2.75, 3.05) is 26.2 Å². The molecule has 5 heteroatoms. The van der Waals surface area contributed by atoms with Gasteiger partial charge in [-0.05, 0) is 44.0 Å². The summed E-state index contributed by atoms with van der Waals surface area (Å²) >= 11 is 0. The van der Waals surface area contributed by atoms with Crippen molar-refractivity contribution in [3.63, 3.8) is 0 Å². The SMILES string of the molecule is CCOc1ccc(CN2CCc3nc(C4CCCNC4)ncc3C2)cc1. The largest absolute Gasteiger partial charge is 0.494 e. The summed E-state index contributed by atoms with van der Waals surface area (Å²) in [7, 11) is 0. The predicted molar refractivity (Wildman–Crippen MR) is 102 cm³/mol. The lowest BCUT2D eigenvalue weighted by Gasteiger charge is -2.29. The lowest BCUT2D eigenvalue weighted by Crippen LogP contribution is -2.32. The number of aromatic nitrogens is 2. The molecule has 1 aromatic carbocycles. The zero-order valence-electron chi connectivity index (χ0n) is 15.6. The molecule has 2 aliphatic heterocycles. The first kappa shape index (κ1) is 17.4. The fourth-order valence-electron chi connectivity index (χ4n) is 3.91. The molecular formula is C21H28N4O. The average molecular weight is 352 g/mol. The summed E-state index contributed by atoms with van der Waals surface area (Å²) in [6.45, 7) is 7.81. The van der Waals surface area contributed by atoms with E-state index in [2.05, 4.69) is 40.7 Å². The quantitative estimate of drug-likeness (QED) is 0.897. The molecule has 0 amide bonds. The Morgan fingerprint density at radius 1 is 1.27 bits per heavy atom. The zero-order valence-corrected chi connectivity index (χ0v) is 15.6. The molecule has 0 bridgehead atoms. The van der Waals surface area contributed by atoms with E-state index in [-0.39, 0.29) is 0 Å². The van der Waals surface area contributed by atoms with Gasteiger partial charge in [0, 0.05) is 56.0 Å². The third-order valence-corrected chi connectivity index (χ3v) is 5.33. The second kappa shape index (κ2) is 8.14. The molecule has 26 heavy (non-hydrogen) atoms. The maximum Gasteiger partial charge on any atom is 0.132 e. The summed E-state index contributed by atoms with van der Waals surface area (Å²) in [5, 5.41) is 3.46. The van der Waals surface area contributed by atoms with E-state index < -0.39 is 0 Å². The van der Waals surface area contributed by atoms with E-state index in [9.17, 15) is 0 Å². The smallest absolute Gasteiger partial charge is 0.132 e. The minimum Gasteiger partial charge on any atom is -0.494 e. The molecule has 0 aliphatic carbocycles. The molecule has 0 radical (unpaired) electrons. The highest BCUT2D eigenvalue weighted by Crippen LogP contribution is 2.24. The van der Waals surface area contributed by atoms with Crippen molar-refractivity contribution in [2.24, 2.45) is 0 Å². The van der Waals surface area contributed by atoms with Gasteiger partial charge in [-0.1, -0.05) is 12.1 Å².